The van der Waals surface area contributed by atoms with E-state index in [-0.39, 0.29) is 0 Å². The van der Waals surface area contributed by atoms with Crippen LogP contribution in [0.25, 0.3) is 0 Å². The summed E-state index contributed by atoms with van der Waals surface area (Å²) in [7, 11) is 0. The predicted molar refractivity (Wildman–Crippen MR) is 38.9 cm³/mol. The van der Waals surface area contributed by atoms with Crippen molar-refractivity contribution < 1.29 is 0 Å². The zero-order valence-corrected chi connectivity index (χ0v) is 6.51. The number of hydrogen-bond donors (Lipinski definition) is 1. The van der Waals surface area contributed by atoms with E-state index in [2.05, 4.69) is 25.9 Å². The van der Waals surface area contributed by atoms with Gasteiger partial charge in [0.15, 0.2) is 0 Å². The van der Waals surface area contributed by atoms with Gasteiger partial charge in [0.1, 0.15) is 4.60 Å². The van der Waals surface area contributed by atoms with Crippen molar-refractivity contribution in [2.24, 2.45) is 0 Å². The molecule has 0 aliphatic rings. The summed E-state index contributed by atoms with van der Waals surface area (Å²) in [4.78, 5) is 7.69. The first kappa shape index (κ1) is 6.48. The highest BCUT2D eigenvalue weighted by molar-refractivity contribution is 9.10. The van der Waals surface area contributed by atoms with E-state index in [1.54, 1.807) is 6.07 Å². The maximum absolute atomic E-state index is 5.31. The van der Waals surface area contributed by atoms with E-state index in [1.165, 1.54) is 0 Å². The van der Waals surface area contributed by atoms with Crippen LogP contribution in [0, 0.1) is 6.92 Å². The van der Waals surface area contributed by atoms with E-state index in [4.69, 9.17) is 5.73 Å². The molecule has 0 aromatic carbocycles. The van der Waals surface area contributed by atoms with Gasteiger partial charge in [0, 0.05) is 5.69 Å². The minimum Gasteiger partial charge on any atom is -0.368 e. The van der Waals surface area contributed by atoms with Gasteiger partial charge in [-0.05, 0) is 28.9 Å². The van der Waals surface area contributed by atoms with Crippen LogP contribution in [0.2, 0.25) is 0 Å². The molecule has 48 valence electrons. The summed E-state index contributed by atoms with van der Waals surface area (Å²) in [6, 6.07) is 1.80. The van der Waals surface area contributed by atoms with E-state index in [1.807, 2.05) is 6.92 Å². The number of nitrogens with zero attached hydrogens (tertiary/aromatic N) is 2. The fourth-order valence-corrected chi connectivity index (χ4v) is 1.07. The van der Waals surface area contributed by atoms with Crippen LogP contribution in [-0.2, 0) is 0 Å². The van der Waals surface area contributed by atoms with Gasteiger partial charge in [0.25, 0.3) is 0 Å². The Bertz CT molecular complexity index is 173. The molecule has 0 saturated heterocycles. The first-order chi connectivity index (χ1) is 4.18. The van der Waals surface area contributed by atoms with Gasteiger partial charge in [0.05, 0.1) is 0 Å². The Morgan fingerprint density at radius 3 is 2.67 bits per heavy atom. The molecular weight excluding hydrogens is 182 g/mol. The first-order valence-corrected chi connectivity index (χ1v) is 3.24. The van der Waals surface area contributed by atoms with Crippen molar-refractivity contribution in [2.45, 2.75) is 6.92 Å². The number of aromatic nitrogens is 2. The van der Waals surface area contributed by atoms with Crippen molar-refractivity contribution in [2.75, 3.05) is 5.73 Å². The third-order valence-electron chi connectivity index (χ3n) is 0.840. The fourth-order valence-electron chi connectivity index (χ4n) is 0.552. The number of halogens is 1. The van der Waals surface area contributed by atoms with E-state index < -0.39 is 0 Å². The van der Waals surface area contributed by atoms with Crippen molar-refractivity contribution >= 4 is 21.9 Å². The molecule has 0 aliphatic carbocycles. The first-order valence-electron chi connectivity index (χ1n) is 2.45. The van der Waals surface area contributed by atoms with Gasteiger partial charge in [-0.3, -0.25) is 0 Å². The van der Waals surface area contributed by atoms with Crippen LogP contribution in [0.4, 0.5) is 5.95 Å². The van der Waals surface area contributed by atoms with Crippen LogP contribution >= 0.6 is 15.9 Å². The zero-order chi connectivity index (χ0) is 6.85. The summed E-state index contributed by atoms with van der Waals surface area (Å²) in [5.74, 6) is 0.307. The highest BCUT2D eigenvalue weighted by Gasteiger charge is 1.92. The molecule has 2 N–H and O–H groups in total. The fraction of sp³-hybridized carbons (Fsp3) is 0.200. The Balaban J connectivity index is 3.17. The van der Waals surface area contributed by atoms with Gasteiger partial charge in [0.2, 0.25) is 5.95 Å². The molecule has 0 bridgehead atoms. The van der Waals surface area contributed by atoms with Crippen LogP contribution < -0.4 is 5.73 Å². The maximum atomic E-state index is 5.31. The molecule has 0 aliphatic heterocycles. The molecule has 0 unspecified atom stereocenters. The molecule has 0 atom stereocenters. The number of anilines is 1. The van der Waals surface area contributed by atoms with Crippen LogP contribution in [0.5, 0.6) is 0 Å². The molecule has 0 amide bonds. The number of aryl methyl sites for hydroxylation is 1. The van der Waals surface area contributed by atoms with Gasteiger partial charge in [-0.1, -0.05) is 0 Å². The SMILES string of the molecule is Cc1cc(Br)nc(N)n1. The van der Waals surface area contributed by atoms with Crippen LogP contribution in [0.3, 0.4) is 0 Å². The third kappa shape index (κ3) is 1.64. The lowest BCUT2D eigenvalue weighted by atomic mass is 10.5. The third-order valence-corrected chi connectivity index (χ3v) is 1.25. The maximum Gasteiger partial charge on any atom is 0.221 e. The van der Waals surface area contributed by atoms with Crippen LogP contribution in [0.1, 0.15) is 5.69 Å². The van der Waals surface area contributed by atoms with Crippen molar-refractivity contribution in [1.29, 1.82) is 0 Å². The average molecular weight is 188 g/mol. The normalized spacial score (nSPS) is 9.56. The quantitative estimate of drug-likeness (QED) is 0.620. The van der Waals surface area contributed by atoms with Crippen molar-refractivity contribution in [1.82, 2.24) is 9.97 Å². The molecule has 1 aromatic rings. The molecule has 0 saturated carbocycles. The summed E-state index contributed by atoms with van der Waals surface area (Å²) in [6.45, 7) is 1.86. The molecule has 0 fully saturated rings. The van der Waals surface area contributed by atoms with Crippen LogP contribution in [-0.4, -0.2) is 9.97 Å². The molecule has 3 nitrogen and oxygen atoms in total. The molecular formula is C5H6BrN3. The largest absolute Gasteiger partial charge is 0.368 e. The Kier molecular flexibility index (Phi) is 1.66. The highest BCUT2D eigenvalue weighted by atomic mass is 79.9. The summed E-state index contributed by atoms with van der Waals surface area (Å²) in [6.07, 6.45) is 0. The van der Waals surface area contributed by atoms with Gasteiger partial charge in [-0.25, -0.2) is 9.97 Å². The monoisotopic (exact) mass is 187 g/mol. The van der Waals surface area contributed by atoms with Crippen molar-refractivity contribution in [3.8, 4) is 0 Å². The van der Waals surface area contributed by atoms with Crippen molar-refractivity contribution in [3.05, 3.63) is 16.4 Å². The number of nitrogens with two attached hydrogens (primary N) is 1. The molecule has 1 rings (SSSR count). The second-order valence-electron chi connectivity index (χ2n) is 1.69. The summed E-state index contributed by atoms with van der Waals surface area (Å²) in [5.41, 5.74) is 6.18. The lowest BCUT2D eigenvalue weighted by Gasteiger charge is -1.93. The molecule has 1 heterocycles. The second kappa shape index (κ2) is 2.31. The van der Waals surface area contributed by atoms with Gasteiger partial charge in [-0.15, -0.1) is 0 Å². The Labute approximate surface area is 61.4 Å². The van der Waals surface area contributed by atoms with E-state index >= 15 is 0 Å². The van der Waals surface area contributed by atoms with E-state index in [0.29, 0.717) is 5.95 Å². The highest BCUT2D eigenvalue weighted by Crippen LogP contribution is 2.07. The van der Waals surface area contributed by atoms with E-state index in [0.717, 1.165) is 10.3 Å². The molecule has 0 radical (unpaired) electrons. The van der Waals surface area contributed by atoms with Gasteiger partial charge >= 0.3 is 0 Å². The topological polar surface area (TPSA) is 51.8 Å². The smallest absolute Gasteiger partial charge is 0.221 e. The summed E-state index contributed by atoms with van der Waals surface area (Å²) < 4.78 is 0.729. The molecule has 9 heavy (non-hydrogen) atoms. The standard InChI is InChI=1S/C5H6BrN3/c1-3-2-4(6)9-5(7)8-3/h2H,1H3,(H2,7,8,9). The Morgan fingerprint density at radius 2 is 2.22 bits per heavy atom. The average Bonchev–Trinajstić information content (AvgIpc) is 1.59. The number of rotatable bonds is 0. The summed E-state index contributed by atoms with van der Waals surface area (Å²) in [5, 5.41) is 0. The summed E-state index contributed by atoms with van der Waals surface area (Å²) >= 11 is 3.18. The predicted octanol–water partition coefficient (Wildman–Crippen LogP) is 1.13. The minimum absolute atomic E-state index is 0.307. The molecule has 1 aromatic heterocycles. The zero-order valence-electron chi connectivity index (χ0n) is 4.93. The van der Waals surface area contributed by atoms with Gasteiger partial charge < -0.3 is 5.73 Å². The van der Waals surface area contributed by atoms with Crippen molar-refractivity contribution in [3.63, 3.8) is 0 Å². The second-order valence-corrected chi connectivity index (χ2v) is 2.50. The van der Waals surface area contributed by atoms with Crippen LogP contribution in [0.15, 0.2) is 10.7 Å². The minimum atomic E-state index is 0.307. The number of nitrogen functional groups attached to an aromatic ring is 1. The molecule has 4 heteroatoms. The van der Waals surface area contributed by atoms with E-state index in [9.17, 15) is 0 Å². The molecule has 0 spiro atoms. The lowest BCUT2D eigenvalue weighted by Crippen LogP contribution is -1.95. The Hall–Kier alpha value is -0.640. The van der Waals surface area contributed by atoms with Gasteiger partial charge in [-0.2, -0.15) is 0 Å². The Morgan fingerprint density at radius 1 is 1.56 bits per heavy atom. The number of hydrogen-bond acceptors (Lipinski definition) is 3. The lowest BCUT2D eigenvalue weighted by molar-refractivity contribution is 1.10.